The maximum atomic E-state index is 10.7. The molecule has 5 heteroatoms. The molecule has 0 aromatic heterocycles. The van der Waals surface area contributed by atoms with E-state index in [1.165, 1.54) is 0 Å². The summed E-state index contributed by atoms with van der Waals surface area (Å²) in [6, 6.07) is 0. The zero-order chi connectivity index (χ0) is 10.4. The molecule has 5 nitrogen and oxygen atoms in total. The van der Waals surface area contributed by atoms with Crippen molar-refractivity contribution in [2.45, 2.75) is 6.42 Å². The smallest absolute Gasteiger partial charge is 0.359 e. The number of quaternary nitrogens is 1. The van der Waals surface area contributed by atoms with Gasteiger partial charge in [0.15, 0.2) is 6.54 Å². The van der Waals surface area contributed by atoms with Gasteiger partial charge in [0.05, 0.1) is 19.8 Å². The molecule has 0 aromatic rings. The van der Waals surface area contributed by atoms with Crippen LogP contribution in [0.2, 0.25) is 0 Å². The quantitative estimate of drug-likeness (QED) is 0.578. The molecule has 0 amide bonds. The molecular weight excluding hydrogens is 184 g/mol. The van der Waals surface area contributed by atoms with E-state index in [9.17, 15) is 4.79 Å². The number of hydrogen-bond acceptors (Lipinski definition) is 3. The summed E-state index contributed by atoms with van der Waals surface area (Å²) in [4.78, 5) is 10.7. The number of carboxylic acid groups (broad SMARTS) is 1. The summed E-state index contributed by atoms with van der Waals surface area (Å²) in [5, 5.41) is 8.84. The summed E-state index contributed by atoms with van der Waals surface area (Å²) in [5.41, 5.74) is 5.45. The molecule has 0 spiro atoms. The summed E-state index contributed by atoms with van der Waals surface area (Å²) < 4.78 is 5.88. The Labute approximate surface area is 84.0 Å². The van der Waals surface area contributed by atoms with E-state index in [-0.39, 0.29) is 6.54 Å². The fourth-order valence-corrected chi connectivity index (χ4v) is 1.90. The minimum absolute atomic E-state index is 0.198. The number of nitrogens with zero attached hydrogens (tertiary/aromatic N) is 1. The minimum Gasteiger partial charge on any atom is -0.477 e. The first-order chi connectivity index (χ1) is 6.68. The van der Waals surface area contributed by atoms with Crippen molar-refractivity contribution < 1.29 is 19.1 Å². The maximum Gasteiger partial charge on any atom is 0.359 e. The van der Waals surface area contributed by atoms with Crippen LogP contribution >= 0.6 is 0 Å². The van der Waals surface area contributed by atoms with Crippen molar-refractivity contribution in [1.82, 2.24) is 0 Å². The standard InChI is InChI=1S/C9H18N2O3/c10-2-1-3-11(8-9(12)13)4-6-14-7-5-11/h1-8,10H2/p+1. The van der Waals surface area contributed by atoms with Gasteiger partial charge in [-0.05, 0) is 6.54 Å². The summed E-state index contributed by atoms with van der Waals surface area (Å²) >= 11 is 0. The van der Waals surface area contributed by atoms with Crippen LogP contribution < -0.4 is 5.73 Å². The predicted octanol–water partition coefficient (Wildman–Crippen LogP) is -0.733. The van der Waals surface area contributed by atoms with Crippen molar-refractivity contribution >= 4 is 5.97 Å². The Bertz CT molecular complexity index is 190. The highest BCUT2D eigenvalue weighted by Crippen LogP contribution is 2.11. The van der Waals surface area contributed by atoms with Crippen LogP contribution in [0.3, 0.4) is 0 Å². The first-order valence-electron chi connectivity index (χ1n) is 5.03. The molecule has 3 N–H and O–H groups in total. The third kappa shape index (κ3) is 3.25. The van der Waals surface area contributed by atoms with Crippen molar-refractivity contribution in [1.29, 1.82) is 0 Å². The van der Waals surface area contributed by atoms with Gasteiger partial charge in [-0.25, -0.2) is 4.79 Å². The second-order valence-electron chi connectivity index (χ2n) is 3.82. The lowest BCUT2D eigenvalue weighted by molar-refractivity contribution is -0.928. The average Bonchev–Trinajstić information content (AvgIpc) is 2.15. The molecule has 0 atom stereocenters. The Morgan fingerprint density at radius 2 is 2.07 bits per heavy atom. The molecule has 14 heavy (non-hydrogen) atoms. The number of hydrogen-bond donors (Lipinski definition) is 2. The van der Waals surface area contributed by atoms with E-state index in [0.29, 0.717) is 24.2 Å². The zero-order valence-electron chi connectivity index (χ0n) is 8.45. The zero-order valence-corrected chi connectivity index (χ0v) is 8.45. The van der Waals surface area contributed by atoms with Crippen molar-refractivity contribution in [2.75, 3.05) is 45.9 Å². The van der Waals surface area contributed by atoms with Crippen molar-refractivity contribution in [3.8, 4) is 0 Å². The predicted molar refractivity (Wildman–Crippen MR) is 51.9 cm³/mol. The Hall–Kier alpha value is -0.650. The molecule has 0 aromatic carbocycles. The first-order valence-corrected chi connectivity index (χ1v) is 5.03. The third-order valence-electron chi connectivity index (χ3n) is 2.73. The molecule has 1 rings (SSSR count). The van der Waals surface area contributed by atoms with Gasteiger partial charge in [0.25, 0.3) is 0 Å². The van der Waals surface area contributed by atoms with Gasteiger partial charge in [-0.2, -0.15) is 0 Å². The molecule has 1 heterocycles. The maximum absolute atomic E-state index is 10.7. The highest BCUT2D eigenvalue weighted by Gasteiger charge is 2.32. The molecular formula is C9H19N2O3+. The summed E-state index contributed by atoms with van der Waals surface area (Å²) in [6.07, 6.45) is 0.882. The minimum atomic E-state index is -0.732. The number of carbonyl (C=O) groups is 1. The van der Waals surface area contributed by atoms with E-state index in [2.05, 4.69) is 0 Å². The van der Waals surface area contributed by atoms with Crippen LogP contribution in [0, 0.1) is 0 Å². The van der Waals surface area contributed by atoms with E-state index in [1.807, 2.05) is 0 Å². The monoisotopic (exact) mass is 203 g/mol. The largest absolute Gasteiger partial charge is 0.477 e. The van der Waals surface area contributed by atoms with Crippen LogP contribution in [0.25, 0.3) is 0 Å². The molecule has 1 aliphatic rings. The van der Waals surface area contributed by atoms with Crippen LogP contribution in [0.15, 0.2) is 0 Å². The lowest BCUT2D eigenvalue weighted by atomic mass is 10.2. The van der Waals surface area contributed by atoms with Gasteiger partial charge >= 0.3 is 5.97 Å². The van der Waals surface area contributed by atoms with Gasteiger partial charge in [-0.15, -0.1) is 0 Å². The van der Waals surface area contributed by atoms with Gasteiger partial charge < -0.3 is 20.1 Å². The molecule has 1 saturated heterocycles. The van der Waals surface area contributed by atoms with Gasteiger partial charge in [-0.3, -0.25) is 0 Å². The Kier molecular flexibility index (Phi) is 4.31. The van der Waals surface area contributed by atoms with Gasteiger partial charge in [-0.1, -0.05) is 0 Å². The normalized spacial score (nSPS) is 20.6. The fourth-order valence-electron chi connectivity index (χ4n) is 1.90. The van der Waals surface area contributed by atoms with Gasteiger partial charge in [0.1, 0.15) is 13.1 Å². The average molecular weight is 203 g/mol. The van der Waals surface area contributed by atoms with E-state index in [1.54, 1.807) is 0 Å². The molecule has 1 aliphatic heterocycles. The summed E-state index contributed by atoms with van der Waals surface area (Å²) in [5.74, 6) is -0.732. The van der Waals surface area contributed by atoms with Gasteiger partial charge in [0.2, 0.25) is 0 Å². The highest BCUT2D eigenvalue weighted by atomic mass is 16.5. The number of aliphatic carboxylic acids is 1. The number of rotatable bonds is 5. The second-order valence-corrected chi connectivity index (χ2v) is 3.82. The van der Waals surface area contributed by atoms with E-state index >= 15 is 0 Å². The molecule has 1 fully saturated rings. The van der Waals surface area contributed by atoms with Crippen LogP contribution in [0.5, 0.6) is 0 Å². The highest BCUT2D eigenvalue weighted by molar-refractivity contribution is 5.67. The summed E-state index contributed by atoms with van der Waals surface area (Å²) in [6.45, 7) is 4.60. The Morgan fingerprint density at radius 1 is 1.43 bits per heavy atom. The fraction of sp³-hybridized carbons (Fsp3) is 0.889. The van der Waals surface area contributed by atoms with Crippen LogP contribution in [-0.4, -0.2) is 61.5 Å². The van der Waals surface area contributed by atoms with E-state index in [4.69, 9.17) is 15.6 Å². The van der Waals surface area contributed by atoms with Crippen LogP contribution in [0.4, 0.5) is 0 Å². The Morgan fingerprint density at radius 3 is 2.57 bits per heavy atom. The molecule has 82 valence electrons. The Balaban J connectivity index is 2.52. The lowest BCUT2D eigenvalue weighted by Gasteiger charge is -2.40. The molecule has 0 bridgehead atoms. The van der Waals surface area contributed by atoms with Crippen molar-refractivity contribution in [2.24, 2.45) is 5.73 Å². The van der Waals surface area contributed by atoms with Crippen LogP contribution in [-0.2, 0) is 9.53 Å². The SMILES string of the molecule is NCCC[N+]1(CC(=O)O)CCOCC1. The molecule has 0 radical (unpaired) electrons. The third-order valence-corrected chi connectivity index (χ3v) is 2.73. The topological polar surface area (TPSA) is 72.6 Å². The first kappa shape index (κ1) is 11.4. The number of nitrogens with two attached hydrogens (primary N) is 1. The van der Waals surface area contributed by atoms with Crippen molar-refractivity contribution in [3.63, 3.8) is 0 Å². The molecule has 0 saturated carbocycles. The number of morpholine rings is 1. The number of carboxylic acids is 1. The van der Waals surface area contributed by atoms with Gasteiger partial charge in [0, 0.05) is 6.42 Å². The lowest BCUT2D eigenvalue weighted by Crippen LogP contribution is -2.58. The number of ether oxygens (including phenoxy) is 1. The second kappa shape index (κ2) is 5.29. The molecule has 0 aliphatic carbocycles. The van der Waals surface area contributed by atoms with Crippen LogP contribution in [0.1, 0.15) is 6.42 Å². The summed E-state index contributed by atoms with van der Waals surface area (Å²) in [7, 11) is 0. The van der Waals surface area contributed by atoms with Crippen molar-refractivity contribution in [3.05, 3.63) is 0 Å². The van der Waals surface area contributed by atoms with E-state index in [0.717, 1.165) is 26.1 Å². The molecule has 0 unspecified atom stereocenters. The van der Waals surface area contributed by atoms with E-state index < -0.39 is 5.97 Å².